The topological polar surface area (TPSA) is 70.0 Å². The van der Waals surface area contributed by atoms with Crippen molar-refractivity contribution in [3.63, 3.8) is 0 Å². The minimum atomic E-state index is -1.13. The van der Waals surface area contributed by atoms with Gasteiger partial charge in [-0.05, 0) is 26.0 Å². The third kappa shape index (κ3) is 3.41. The number of hydrogen-bond donors (Lipinski definition) is 1. The first kappa shape index (κ1) is 12.9. The average molecular weight is 234 g/mol. The number of carboxylic acids is 1. The van der Waals surface area contributed by atoms with Crippen molar-refractivity contribution in [1.29, 1.82) is 0 Å². The Kier molecular flexibility index (Phi) is 4.39. The Morgan fingerprint density at radius 2 is 1.88 bits per heavy atom. The minimum Gasteiger partial charge on any atom is -0.477 e. The van der Waals surface area contributed by atoms with E-state index < -0.39 is 5.97 Å². The normalized spacial score (nSPS) is 11.1. The summed E-state index contributed by atoms with van der Waals surface area (Å²) in [6.45, 7) is 3.40. The van der Waals surface area contributed by atoms with Gasteiger partial charge in [0.05, 0.1) is 0 Å². The van der Waals surface area contributed by atoms with Gasteiger partial charge in [-0.25, -0.2) is 9.80 Å². The van der Waals surface area contributed by atoms with Crippen molar-refractivity contribution < 1.29 is 14.7 Å². The molecule has 0 saturated heterocycles. The molecule has 1 aromatic carbocycles. The van der Waals surface area contributed by atoms with Crippen molar-refractivity contribution in [2.24, 2.45) is 5.10 Å². The van der Waals surface area contributed by atoms with Crippen LogP contribution in [0, 0.1) is 0 Å². The summed E-state index contributed by atoms with van der Waals surface area (Å²) < 4.78 is 0. The molecule has 0 heterocycles. The van der Waals surface area contributed by atoms with Gasteiger partial charge in [0.25, 0.3) is 5.91 Å². The number of hydrogen-bond acceptors (Lipinski definition) is 3. The monoisotopic (exact) mass is 234 g/mol. The summed E-state index contributed by atoms with van der Waals surface area (Å²) in [5, 5.41) is 13.6. The van der Waals surface area contributed by atoms with E-state index in [0.717, 1.165) is 5.01 Å². The highest BCUT2D eigenvalue weighted by atomic mass is 16.4. The van der Waals surface area contributed by atoms with Crippen molar-refractivity contribution in [2.75, 3.05) is 6.54 Å². The van der Waals surface area contributed by atoms with Crippen molar-refractivity contribution >= 4 is 17.6 Å². The van der Waals surface area contributed by atoms with Gasteiger partial charge in [0.2, 0.25) is 0 Å². The Morgan fingerprint density at radius 1 is 1.29 bits per heavy atom. The Morgan fingerprint density at radius 3 is 2.35 bits per heavy atom. The molecule has 0 atom stereocenters. The molecule has 1 amide bonds. The van der Waals surface area contributed by atoms with Crippen LogP contribution in [0.5, 0.6) is 0 Å². The Hall–Kier alpha value is -2.17. The molecule has 0 aliphatic rings. The van der Waals surface area contributed by atoms with Gasteiger partial charge in [0.1, 0.15) is 5.71 Å². The third-order valence-electron chi connectivity index (χ3n) is 2.13. The third-order valence-corrected chi connectivity index (χ3v) is 2.13. The van der Waals surface area contributed by atoms with E-state index in [-0.39, 0.29) is 11.6 Å². The fourth-order valence-corrected chi connectivity index (χ4v) is 1.21. The highest BCUT2D eigenvalue weighted by Gasteiger charge is 2.14. The molecule has 1 N–H and O–H groups in total. The van der Waals surface area contributed by atoms with Gasteiger partial charge in [-0.2, -0.15) is 5.10 Å². The SMILES string of the molecule is CCN(N=C(C)C(=O)O)C(=O)c1ccccc1. The molecule has 0 fully saturated rings. The fraction of sp³-hybridized carbons (Fsp3) is 0.250. The Bertz CT molecular complexity index is 440. The molecule has 17 heavy (non-hydrogen) atoms. The van der Waals surface area contributed by atoms with Crippen LogP contribution in [0.1, 0.15) is 24.2 Å². The van der Waals surface area contributed by atoms with Crippen LogP contribution in [0.3, 0.4) is 0 Å². The van der Waals surface area contributed by atoms with E-state index in [2.05, 4.69) is 5.10 Å². The summed E-state index contributed by atoms with van der Waals surface area (Å²) in [4.78, 5) is 22.6. The molecule has 0 aliphatic heterocycles. The van der Waals surface area contributed by atoms with E-state index >= 15 is 0 Å². The van der Waals surface area contributed by atoms with Crippen molar-refractivity contribution in [3.05, 3.63) is 35.9 Å². The maximum absolute atomic E-state index is 12.0. The fourth-order valence-electron chi connectivity index (χ4n) is 1.21. The standard InChI is InChI=1S/C12H14N2O3/c1-3-14(13-9(2)12(16)17)11(15)10-7-5-4-6-8-10/h4-8H,3H2,1-2H3,(H,16,17). The number of aliphatic carboxylic acids is 1. The van der Waals surface area contributed by atoms with Gasteiger partial charge < -0.3 is 5.11 Å². The van der Waals surface area contributed by atoms with Gasteiger partial charge in [-0.1, -0.05) is 18.2 Å². The summed E-state index contributed by atoms with van der Waals surface area (Å²) >= 11 is 0. The van der Waals surface area contributed by atoms with E-state index in [1.54, 1.807) is 37.3 Å². The molecule has 0 radical (unpaired) electrons. The first-order valence-electron chi connectivity index (χ1n) is 5.21. The van der Waals surface area contributed by atoms with Crippen LogP contribution in [0.2, 0.25) is 0 Å². The van der Waals surface area contributed by atoms with Crippen LogP contribution in [-0.2, 0) is 4.79 Å². The van der Waals surface area contributed by atoms with Gasteiger partial charge in [0, 0.05) is 12.1 Å². The highest BCUT2D eigenvalue weighted by Crippen LogP contribution is 2.05. The number of hydrazone groups is 1. The molecule has 5 heteroatoms. The quantitative estimate of drug-likeness (QED) is 0.635. The molecule has 5 nitrogen and oxygen atoms in total. The van der Waals surface area contributed by atoms with Gasteiger partial charge >= 0.3 is 5.97 Å². The Balaban J connectivity index is 2.93. The van der Waals surface area contributed by atoms with Crippen molar-refractivity contribution in [1.82, 2.24) is 5.01 Å². The number of carbonyl (C=O) groups excluding carboxylic acids is 1. The van der Waals surface area contributed by atoms with Crippen LogP contribution in [0.15, 0.2) is 35.4 Å². The second-order valence-corrected chi connectivity index (χ2v) is 3.38. The van der Waals surface area contributed by atoms with Crippen LogP contribution >= 0.6 is 0 Å². The van der Waals surface area contributed by atoms with Crippen LogP contribution in [0.25, 0.3) is 0 Å². The number of carboxylic acid groups (broad SMARTS) is 1. The van der Waals surface area contributed by atoms with Gasteiger partial charge in [-0.3, -0.25) is 4.79 Å². The van der Waals surface area contributed by atoms with E-state index in [0.29, 0.717) is 12.1 Å². The van der Waals surface area contributed by atoms with Gasteiger partial charge in [-0.15, -0.1) is 0 Å². The molecule has 0 aliphatic carbocycles. The second kappa shape index (κ2) is 5.79. The molecular formula is C12H14N2O3. The zero-order valence-corrected chi connectivity index (χ0v) is 9.75. The lowest BCUT2D eigenvalue weighted by Gasteiger charge is -2.15. The molecule has 1 rings (SSSR count). The zero-order chi connectivity index (χ0) is 12.8. The summed E-state index contributed by atoms with van der Waals surface area (Å²) in [5.41, 5.74) is 0.368. The van der Waals surface area contributed by atoms with Crippen molar-refractivity contribution in [2.45, 2.75) is 13.8 Å². The Labute approximate surface area is 99.4 Å². The predicted octanol–water partition coefficient (Wildman–Crippen LogP) is 1.61. The lowest BCUT2D eigenvalue weighted by Crippen LogP contribution is -2.28. The second-order valence-electron chi connectivity index (χ2n) is 3.38. The maximum Gasteiger partial charge on any atom is 0.351 e. The maximum atomic E-state index is 12.0. The first-order chi connectivity index (χ1) is 8.06. The van der Waals surface area contributed by atoms with Crippen LogP contribution < -0.4 is 0 Å². The van der Waals surface area contributed by atoms with E-state index in [1.165, 1.54) is 6.92 Å². The summed E-state index contributed by atoms with van der Waals surface area (Å²) in [5.74, 6) is -1.45. The first-order valence-corrected chi connectivity index (χ1v) is 5.21. The largest absolute Gasteiger partial charge is 0.477 e. The molecule has 0 unspecified atom stereocenters. The molecule has 90 valence electrons. The van der Waals surface area contributed by atoms with E-state index in [4.69, 9.17) is 5.11 Å². The van der Waals surface area contributed by atoms with Crippen molar-refractivity contribution in [3.8, 4) is 0 Å². The average Bonchev–Trinajstić information content (AvgIpc) is 2.35. The van der Waals surface area contributed by atoms with Crippen LogP contribution in [-0.4, -0.2) is 34.2 Å². The number of amides is 1. The molecule has 0 spiro atoms. The number of rotatable bonds is 4. The predicted molar refractivity (Wildman–Crippen MR) is 63.9 cm³/mol. The lowest BCUT2D eigenvalue weighted by atomic mass is 10.2. The smallest absolute Gasteiger partial charge is 0.351 e. The molecule has 0 aromatic heterocycles. The zero-order valence-electron chi connectivity index (χ0n) is 9.75. The summed E-state index contributed by atoms with van der Waals surface area (Å²) in [7, 11) is 0. The molecular weight excluding hydrogens is 220 g/mol. The summed E-state index contributed by atoms with van der Waals surface area (Å²) in [6, 6.07) is 8.62. The highest BCUT2D eigenvalue weighted by molar-refractivity contribution is 6.34. The van der Waals surface area contributed by atoms with E-state index in [1.807, 2.05) is 0 Å². The number of nitrogens with zero attached hydrogens (tertiary/aromatic N) is 2. The lowest BCUT2D eigenvalue weighted by molar-refractivity contribution is -0.129. The minimum absolute atomic E-state index is 0.115. The molecule has 0 saturated carbocycles. The number of benzene rings is 1. The van der Waals surface area contributed by atoms with E-state index in [9.17, 15) is 9.59 Å². The van der Waals surface area contributed by atoms with Gasteiger partial charge in [0.15, 0.2) is 0 Å². The molecule has 1 aromatic rings. The molecule has 0 bridgehead atoms. The number of carbonyl (C=O) groups is 2. The van der Waals surface area contributed by atoms with Crippen LogP contribution in [0.4, 0.5) is 0 Å². The summed E-state index contributed by atoms with van der Waals surface area (Å²) in [6.07, 6.45) is 0.